The second-order valence-corrected chi connectivity index (χ2v) is 8.47. The van der Waals surface area contributed by atoms with Crippen molar-refractivity contribution in [1.82, 2.24) is 0 Å². The number of carbonyl (C=O) groups excluding carboxylic acids is 1. The molecule has 0 saturated carbocycles. The Kier molecular flexibility index (Phi) is 3.59. The summed E-state index contributed by atoms with van der Waals surface area (Å²) in [7, 11) is 0. The van der Waals surface area contributed by atoms with Crippen molar-refractivity contribution in [3.05, 3.63) is 35.9 Å². The lowest BCUT2D eigenvalue weighted by atomic mass is 9.79. The maximum Gasteiger partial charge on any atom is 0.317 e. The Labute approximate surface area is 157 Å². The Morgan fingerprint density at radius 2 is 1.74 bits per heavy atom. The molecule has 4 saturated heterocycles. The van der Waals surface area contributed by atoms with Crippen LogP contribution < -0.4 is 0 Å². The van der Waals surface area contributed by atoms with Crippen molar-refractivity contribution >= 4 is 5.97 Å². The number of benzene rings is 1. The lowest BCUT2D eigenvalue weighted by Gasteiger charge is -2.31. The van der Waals surface area contributed by atoms with Crippen LogP contribution in [0.15, 0.2) is 30.3 Å². The summed E-state index contributed by atoms with van der Waals surface area (Å²) in [6.45, 7) is 7.69. The Bertz CT molecular complexity index is 761. The molecule has 7 heteroatoms. The summed E-state index contributed by atoms with van der Waals surface area (Å²) >= 11 is 0. The molecule has 6 atom stereocenters. The molecule has 0 N–H and O–H groups in total. The molecule has 5 rings (SSSR count). The van der Waals surface area contributed by atoms with Crippen LogP contribution in [0.1, 0.15) is 39.2 Å². The average molecular weight is 376 g/mol. The van der Waals surface area contributed by atoms with Crippen LogP contribution in [0.2, 0.25) is 0 Å². The summed E-state index contributed by atoms with van der Waals surface area (Å²) in [5.74, 6) is -2.55. The minimum atomic E-state index is -1.05. The van der Waals surface area contributed by atoms with Crippen LogP contribution >= 0.6 is 0 Å². The van der Waals surface area contributed by atoms with Crippen molar-refractivity contribution in [2.45, 2.75) is 75.4 Å². The molecular formula is C20H24O7. The van der Waals surface area contributed by atoms with E-state index < -0.39 is 41.6 Å². The number of esters is 1. The van der Waals surface area contributed by atoms with Gasteiger partial charge in [-0.3, -0.25) is 4.79 Å². The van der Waals surface area contributed by atoms with Crippen LogP contribution in [0.5, 0.6) is 0 Å². The van der Waals surface area contributed by atoms with Crippen LogP contribution in [-0.2, 0) is 33.2 Å². The second-order valence-electron chi connectivity index (χ2n) is 8.47. The summed E-state index contributed by atoms with van der Waals surface area (Å²) in [5.41, 5.74) is -0.229. The van der Waals surface area contributed by atoms with Gasteiger partial charge in [0, 0.05) is 0 Å². The van der Waals surface area contributed by atoms with Crippen molar-refractivity contribution in [2.75, 3.05) is 6.61 Å². The van der Waals surface area contributed by atoms with Crippen molar-refractivity contribution in [1.29, 1.82) is 0 Å². The summed E-state index contributed by atoms with van der Waals surface area (Å²) in [4.78, 5) is 12.9. The SMILES string of the molecule is CC1(C)OC[C@H]([C@H]2O[C@@H]3OC(C)(C)O[C@@]34C(c3ccccc3)C(=O)O[C@@H]24)O1. The highest BCUT2D eigenvalue weighted by Gasteiger charge is 2.77. The van der Waals surface area contributed by atoms with Gasteiger partial charge in [0.2, 0.25) is 0 Å². The third-order valence-corrected chi connectivity index (χ3v) is 5.67. The molecule has 4 aliphatic heterocycles. The molecule has 4 fully saturated rings. The number of rotatable bonds is 2. The number of carbonyl (C=O) groups is 1. The van der Waals surface area contributed by atoms with E-state index in [9.17, 15) is 4.79 Å². The van der Waals surface area contributed by atoms with Crippen molar-refractivity contribution in [3.8, 4) is 0 Å². The Morgan fingerprint density at radius 3 is 2.41 bits per heavy atom. The standard InChI is InChI=1S/C20H24O7/c1-18(2)22-10-12(25-18)14-15-20(17(23-14)26-19(3,4)27-20)13(16(21)24-15)11-8-6-5-7-9-11/h5-9,12-15,17H,10H2,1-4H3/t12-,13?,14-,15+,17-,20-/m1/s1. The molecule has 146 valence electrons. The highest BCUT2D eigenvalue weighted by Crippen LogP contribution is 2.58. The maximum absolute atomic E-state index is 12.9. The van der Waals surface area contributed by atoms with Gasteiger partial charge in [0.15, 0.2) is 29.6 Å². The highest BCUT2D eigenvalue weighted by molar-refractivity contribution is 5.83. The molecule has 1 aromatic rings. The largest absolute Gasteiger partial charge is 0.456 e. The first kappa shape index (κ1) is 17.6. The van der Waals surface area contributed by atoms with Crippen LogP contribution in [0.3, 0.4) is 0 Å². The first-order valence-electron chi connectivity index (χ1n) is 9.33. The Balaban J connectivity index is 1.56. The molecule has 1 aromatic carbocycles. The molecule has 1 spiro atoms. The molecule has 0 aliphatic carbocycles. The zero-order valence-corrected chi connectivity index (χ0v) is 15.8. The van der Waals surface area contributed by atoms with Crippen molar-refractivity contribution < 1.29 is 33.2 Å². The zero-order valence-electron chi connectivity index (χ0n) is 15.8. The van der Waals surface area contributed by atoms with E-state index >= 15 is 0 Å². The number of ether oxygens (including phenoxy) is 6. The molecule has 0 aromatic heterocycles. The van der Waals surface area contributed by atoms with Gasteiger partial charge in [0.25, 0.3) is 0 Å². The number of hydrogen-bond donors (Lipinski definition) is 0. The average Bonchev–Trinajstić information content (AvgIpc) is 3.23. The zero-order chi connectivity index (χ0) is 19.0. The molecule has 27 heavy (non-hydrogen) atoms. The third-order valence-electron chi connectivity index (χ3n) is 5.67. The molecule has 1 unspecified atom stereocenters. The van der Waals surface area contributed by atoms with E-state index in [1.165, 1.54) is 0 Å². The van der Waals surface area contributed by atoms with E-state index in [0.29, 0.717) is 6.61 Å². The molecule has 0 amide bonds. The monoisotopic (exact) mass is 376 g/mol. The molecule has 0 radical (unpaired) electrons. The van der Waals surface area contributed by atoms with Gasteiger partial charge < -0.3 is 28.4 Å². The van der Waals surface area contributed by atoms with E-state index in [2.05, 4.69) is 0 Å². The first-order chi connectivity index (χ1) is 12.7. The summed E-state index contributed by atoms with van der Waals surface area (Å²) in [5, 5.41) is 0. The van der Waals surface area contributed by atoms with Crippen molar-refractivity contribution in [2.24, 2.45) is 0 Å². The van der Waals surface area contributed by atoms with E-state index in [1.54, 1.807) is 0 Å². The third kappa shape index (κ3) is 2.49. The predicted molar refractivity (Wildman–Crippen MR) is 91.6 cm³/mol. The fourth-order valence-electron chi connectivity index (χ4n) is 4.74. The quantitative estimate of drug-likeness (QED) is 0.732. The van der Waals surface area contributed by atoms with E-state index in [0.717, 1.165) is 5.56 Å². The smallest absolute Gasteiger partial charge is 0.317 e. The predicted octanol–water partition coefficient (Wildman–Crippen LogP) is 2.09. The van der Waals surface area contributed by atoms with Gasteiger partial charge >= 0.3 is 5.97 Å². The van der Waals surface area contributed by atoms with Crippen LogP contribution in [0.25, 0.3) is 0 Å². The van der Waals surface area contributed by atoms with Gasteiger partial charge in [0.1, 0.15) is 18.1 Å². The van der Waals surface area contributed by atoms with Gasteiger partial charge in [-0.2, -0.15) is 0 Å². The first-order valence-corrected chi connectivity index (χ1v) is 9.33. The Hall–Kier alpha value is -1.51. The summed E-state index contributed by atoms with van der Waals surface area (Å²) in [6, 6.07) is 9.51. The summed E-state index contributed by atoms with van der Waals surface area (Å²) < 4.78 is 36.2. The van der Waals surface area contributed by atoms with Gasteiger partial charge in [0.05, 0.1) is 6.61 Å². The fraction of sp³-hybridized carbons (Fsp3) is 0.650. The van der Waals surface area contributed by atoms with Gasteiger partial charge in [-0.15, -0.1) is 0 Å². The summed E-state index contributed by atoms with van der Waals surface area (Å²) in [6.07, 6.45) is -2.26. The molecular weight excluding hydrogens is 352 g/mol. The van der Waals surface area contributed by atoms with Crippen molar-refractivity contribution in [3.63, 3.8) is 0 Å². The molecule has 4 aliphatic rings. The minimum absolute atomic E-state index is 0.330. The normalized spacial score (nSPS) is 44.1. The Morgan fingerprint density at radius 1 is 1.00 bits per heavy atom. The molecule has 0 bridgehead atoms. The second kappa shape index (κ2) is 5.52. The molecule has 4 heterocycles. The molecule has 7 nitrogen and oxygen atoms in total. The van der Waals surface area contributed by atoms with Crippen LogP contribution in [-0.4, -0.2) is 54.4 Å². The highest BCUT2D eigenvalue weighted by atomic mass is 16.9. The number of hydrogen-bond acceptors (Lipinski definition) is 7. The minimum Gasteiger partial charge on any atom is -0.456 e. The van der Waals surface area contributed by atoms with Gasteiger partial charge in [-0.25, -0.2) is 0 Å². The van der Waals surface area contributed by atoms with E-state index in [4.69, 9.17) is 28.4 Å². The van der Waals surface area contributed by atoms with E-state index in [1.807, 2.05) is 58.0 Å². The lowest BCUT2D eigenvalue weighted by molar-refractivity contribution is -0.234. The lowest BCUT2D eigenvalue weighted by Crippen LogP contribution is -2.50. The topological polar surface area (TPSA) is 72.5 Å². The fourth-order valence-corrected chi connectivity index (χ4v) is 4.74. The van der Waals surface area contributed by atoms with Gasteiger partial charge in [-0.05, 0) is 33.3 Å². The maximum atomic E-state index is 12.9. The van der Waals surface area contributed by atoms with Crippen LogP contribution in [0.4, 0.5) is 0 Å². The van der Waals surface area contributed by atoms with E-state index in [-0.39, 0.29) is 12.1 Å². The van der Waals surface area contributed by atoms with Crippen LogP contribution in [0, 0.1) is 0 Å². The van der Waals surface area contributed by atoms with Gasteiger partial charge in [-0.1, -0.05) is 30.3 Å².